The second-order valence-corrected chi connectivity index (χ2v) is 12.2. The van der Waals surface area contributed by atoms with E-state index >= 15 is 0 Å². The molecule has 0 aliphatic carbocycles. The van der Waals surface area contributed by atoms with Gasteiger partial charge < -0.3 is 0 Å². The van der Waals surface area contributed by atoms with Gasteiger partial charge in [-0.05, 0) is 84.9 Å². The van der Waals surface area contributed by atoms with Crippen molar-refractivity contribution in [3.8, 4) is 56.4 Å². The topological polar surface area (TPSA) is 38.7 Å². The van der Waals surface area contributed by atoms with Crippen molar-refractivity contribution in [2.24, 2.45) is 0 Å². The summed E-state index contributed by atoms with van der Waals surface area (Å²) in [6.07, 6.45) is 0. The minimum absolute atomic E-state index is 0.649. The monoisotopic (exact) mass is 611 g/mol. The Hall–Kier alpha value is -6.45. The molecule has 8 aromatic carbocycles. The summed E-state index contributed by atoms with van der Waals surface area (Å²) in [6.45, 7) is 0. The van der Waals surface area contributed by atoms with Gasteiger partial charge in [-0.25, -0.2) is 15.0 Å². The molecule has 3 heteroatoms. The van der Waals surface area contributed by atoms with E-state index in [1.54, 1.807) is 0 Å². The largest absolute Gasteiger partial charge is 0.208 e. The number of benzene rings is 8. The lowest BCUT2D eigenvalue weighted by molar-refractivity contribution is 1.08. The summed E-state index contributed by atoms with van der Waals surface area (Å²) >= 11 is 0. The zero-order valence-electron chi connectivity index (χ0n) is 26.1. The third kappa shape index (κ3) is 5.28. The van der Waals surface area contributed by atoms with E-state index in [4.69, 9.17) is 15.0 Å². The molecule has 0 aliphatic rings. The number of nitrogens with zero attached hydrogens (tertiary/aromatic N) is 3. The number of hydrogen-bond donors (Lipinski definition) is 0. The van der Waals surface area contributed by atoms with Gasteiger partial charge in [-0.15, -0.1) is 0 Å². The normalized spacial score (nSPS) is 11.3. The highest BCUT2D eigenvalue weighted by Crippen LogP contribution is 2.32. The molecule has 0 radical (unpaired) electrons. The van der Waals surface area contributed by atoms with Gasteiger partial charge in [-0.3, -0.25) is 0 Å². The Bertz CT molecular complexity index is 2610. The van der Waals surface area contributed by atoms with Crippen LogP contribution in [0, 0.1) is 0 Å². The minimum atomic E-state index is 0.649. The summed E-state index contributed by atoms with van der Waals surface area (Å²) in [4.78, 5) is 15.1. The molecule has 0 N–H and O–H groups in total. The van der Waals surface area contributed by atoms with Gasteiger partial charge in [0.25, 0.3) is 0 Å². The van der Waals surface area contributed by atoms with E-state index in [2.05, 4.69) is 140 Å². The molecular formula is C45H29N3. The molecule has 0 fully saturated rings. The first-order chi connectivity index (χ1) is 23.7. The second kappa shape index (κ2) is 11.7. The van der Waals surface area contributed by atoms with Crippen molar-refractivity contribution in [1.29, 1.82) is 0 Å². The standard InChI is InChI=1S/C45H29N3/c1-3-9-30(10-4-1)35-20-21-38-27-40(24-22-37(38)26-35)44-46-43(33-12-5-2-6-13-33)47-45(48-44)41-23-17-32-16-19-39(28-42(32)29-41)36-18-15-31-11-7-8-14-34(31)25-36/h1-29H. The molecule has 0 amide bonds. The van der Waals surface area contributed by atoms with E-state index in [1.165, 1.54) is 43.8 Å². The Morgan fingerprint density at radius 1 is 0.208 bits per heavy atom. The fraction of sp³-hybridized carbons (Fsp3) is 0. The molecule has 1 heterocycles. The summed E-state index contributed by atoms with van der Waals surface area (Å²) in [5.41, 5.74) is 7.64. The fourth-order valence-electron chi connectivity index (χ4n) is 6.48. The summed E-state index contributed by atoms with van der Waals surface area (Å²) in [5, 5.41) is 7.11. The fourth-order valence-corrected chi connectivity index (χ4v) is 6.48. The van der Waals surface area contributed by atoms with Crippen LogP contribution in [-0.2, 0) is 0 Å². The second-order valence-electron chi connectivity index (χ2n) is 12.2. The number of hydrogen-bond acceptors (Lipinski definition) is 3. The molecule has 0 saturated carbocycles. The number of fused-ring (bicyclic) bond motifs is 3. The molecule has 0 bridgehead atoms. The van der Waals surface area contributed by atoms with Crippen molar-refractivity contribution in [3.63, 3.8) is 0 Å². The van der Waals surface area contributed by atoms with Crippen LogP contribution >= 0.6 is 0 Å². The molecule has 0 saturated heterocycles. The van der Waals surface area contributed by atoms with Crippen molar-refractivity contribution in [1.82, 2.24) is 15.0 Å². The maximum Gasteiger partial charge on any atom is 0.164 e. The summed E-state index contributed by atoms with van der Waals surface area (Å²) in [6, 6.07) is 61.9. The first-order valence-corrected chi connectivity index (χ1v) is 16.2. The third-order valence-electron chi connectivity index (χ3n) is 9.05. The molecule has 0 aliphatic heterocycles. The van der Waals surface area contributed by atoms with Crippen LogP contribution < -0.4 is 0 Å². The predicted octanol–water partition coefficient (Wildman–Crippen LogP) is 11.7. The molecule has 9 rings (SSSR count). The molecule has 0 unspecified atom stereocenters. The van der Waals surface area contributed by atoms with Gasteiger partial charge in [-0.1, -0.05) is 146 Å². The van der Waals surface area contributed by atoms with Crippen molar-refractivity contribution in [2.45, 2.75) is 0 Å². The molecule has 0 spiro atoms. The van der Waals surface area contributed by atoms with Crippen molar-refractivity contribution >= 4 is 32.3 Å². The predicted molar refractivity (Wildman–Crippen MR) is 200 cm³/mol. The van der Waals surface area contributed by atoms with Crippen LogP contribution in [0.1, 0.15) is 0 Å². The number of rotatable bonds is 5. The van der Waals surface area contributed by atoms with E-state index in [9.17, 15) is 0 Å². The Morgan fingerprint density at radius 3 is 1.12 bits per heavy atom. The molecule has 0 atom stereocenters. The van der Waals surface area contributed by atoms with Crippen molar-refractivity contribution in [2.75, 3.05) is 0 Å². The summed E-state index contributed by atoms with van der Waals surface area (Å²) in [7, 11) is 0. The van der Waals surface area contributed by atoms with Gasteiger partial charge in [-0.2, -0.15) is 0 Å². The molecule has 3 nitrogen and oxygen atoms in total. The van der Waals surface area contributed by atoms with Crippen LogP contribution in [0.5, 0.6) is 0 Å². The molecule has 1 aromatic heterocycles. The van der Waals surface area contributed by atoms with Gasteiger partial charge in [0.1, 0.15) is 0 Å². The Labute approximate surface area is 278 Å². The highest BCUT2D eigenvalue weighted by molar-refractivity contribution is 5.93. The summed E-state index contributed by atoms with van der Waals surface area (Å²) < 4.78 is 0. The molecular weight excluding hydrogens is 583 g/mol. The average molecular weight is 612 g/mol. The maximum atomic E-state index is 5.07. The Kier molecular flexibility index (Phi) is 6.80. The van der Waals surface area contributed by atoms with Crippen molar-refractivity contribution < 1.29 is 0 Å². The van der Waals surface area contributed by atoms with Crippen LogP contribution in [0.25, 0.3) is 88.7 Å². The van der Waals surface area contributed by atoms with E-state index in [0.29, 0.717) is 17.5 Å². The molecule has 224 valence electrons. The zero-order valence-corrected chi connectivity index (χ0v) is 26.1. The third-order valence-corrected chi connectivity index (χ3v) is 9.05. The van der Waals surface area contributed by atoms with Crippen LogP contribution in [0.3, 0.4) is 0 Å². The lowest BCUT2D eigenvalue weighted by Crippen LogP contribution is -2.00. The number of aromatic nitrogens is 3. The highest BCUT2D eigenvalue weighted by Gasteiger charge is 2.14. The Morgan fingerprint density at radius 2 is 0.542 bits per heavy atom. The zero-order chi connectivity index (χ0) is 31.9. The first kappa shape index (κ1) is 27.8. The lowest BCUT2D eigenvalue weighted by Gasteiger charge is -2.11. The smallest absolute Gasteiger partial charge is 0.164 e. The lowest BCUT2D eigenvalue weighted by atomic mass is 9.97. The van der Waals surface area contributed by atoms with Gasteiger partial charge in [0.15, 0.2) is 17.5 Å². The molecule has 9 aromatic rings. The molecule has 48 heavy (non-hydrogen) atoms. The van der Waals surface area contributed by atoms with Crippen LogP contribution in [0.2, 0.25) is 0 Å². The van der Waals surface area contributed by atoms with E-state index in [1.807, 2.05) is 36.4 Å². The van der Waals surface area contributed by atoms with Gasteiger partial charge >= 0.3 is 0 Å². The van der Waals surface area contributed by atoms with Crippen LogP contribution in [0.4, 0.5) is 0 Å². The summed E-state index contributed by atoms with van der Waals surface area (Å²) in [5.74, 6) is 1.95. The SMILES string of the molecule is c1ccc(-c2ccc3cc(-c4nc(-c5ccccc5)nc(-c5ccc6ccc(-c7ccc8ccccc8c7)cc6c5)n4)ccc3c2)cc1. The Balaban J connectivity index is 1.14. The van der Waals surface area contributed by atoms with Crippen molar-refractivity contribution in [3.05, 3.63) is 176 Å². The van der Waals surface area contributed by atoms with E-state index in [-0.39, 0.29) is 0 Å². The van der Waals surface area contributed by atoms with E-state index in [0.717, 1.165) is 27.5 Å². The van der Waals surface area contributed by atoms with Crippen LogP contribution in [-0.4, -0.2) is 15.0 Å². The quantitative estimate of drug-likeness (QED) is 0.194. The van der Waals surface area contributed by atoms with Gasteiger partial charge in [0, 0.05) is 16.7 Å². The average Bonchev–Trinajstić information content (AvgIpc) is 3.17. The van der Waals surface area contributed by atoms with Gasteiger partial charge in [0.05, 0.1) is 0 Å². The highest BCUT2D eigenvalue weighted by atomic mass is 15.0. The first-order valence-electron chi connectivity index (χ1n) is 16.2. The van der Waals surface area contributed by atoms with E-state index < -0.39 is 0 Å². The van der Waals surface area contributed by atoms with Gasteiger partial charge in [0.2, 0.25) is 0 Å². The minimum Gasteiger partial charge on any atom is -0.208 e. The maximum absolute atomic E-state index is 5.07. The van der Waals surface area contributed by atoms with Crippen LogP contribution in [0.15, 0.2) is 176 Å².